The lowest BCUT2D eigenvalue weighted by atomic mass is 9.73. The van der Waals surface area contributed by atoms with Crippen LogP contribution in [0.3, 0.4) is 0 Å². The summed E-state index contributed by atoms with van der Waals surface area (Å²) in [6.45, 7) is 4.66. The Bertz CT molecular complexity index is 315. The van der Waals surface area contributed by atoms with Gasteiger partial charge in [0.2, 0.25) is 0 Å². The lowest BCUT2D eigenvalue weighted by molar-refractivity contribution is 0.195. The maximum absolute atomic E-state index is 6.56. The quantitative estimate of drug-likeness (QED) is 0.832. The van der Waals surface area contributed by atoms with E-state index < -0.39 is 0 Å². The summed E-state index contributed by atoms with van der Waals surface area (Å²) < 4.78 is 0. The first-order valence-corrected chi connectivity index (χ1v) is 6.73. The molecule has 2 rings (SSSR count). The van der Waals surface area contributed by atoms with Crippen LogP contribution in [-0.2, 0) is 6.42 Å². The number of hydrogen-bond donors (Lipinski definition) is 1. The van der Waals surface area contributed by atoms with Crippen molar-refractivity contribution >= 4 is 11.3 Å². The van der Waals surface area contributed by atoms with Gasteiger partial charge in [-0.3, -0.25) is 0 Å². The standard InChI is InChI=1S/C13H21NS/c1-12(2)7-4-8-13(12,14)9-6-11-5-3-10-15-11/h3,5,10H,4,6-9,14H2,1-2H3. The van der Waals surface area contributed by atoms with Crippen molar-refractivity contribution in [1.82, 2.24) is 0 Å². The lowest BCUT2D eigenvalue weighted by Gasteiger charge is -2.38. The monoisotopic (exact) mass is 223 g/mol. The van der Waals surface area contributed by atoms with Crippen LogP contribution in [0.4, 0.5) is 0 Å². The fourth-order valence-corrected chi connectivity index (χ4v) is 3.41. The van der Waals surface area contributed by atoms with Crippen LogP contribution in [0, 0.1) is 5.41 Å². The van der Waals surface area contributed by atoms with E-state index in [2.05, 4.69) is 31.4 Å². The molecular weight excluding hydrogens is 202 g/mol. The highest BCUT2D eigenvalue weighted by molar-refractivity contribution is 7.09. The van der Waals surface area contributed by atoms with E-state index in [9.17, 15) is 0 Å². The normalized spacial score (nSPS) is 29.5. The van der Waals surface area contributed by atoms with Gasteiger partial charge in [-0.15, -0.1) is 11.3 Å². The molecule has 0 saturated heterocycles. The summed E-state index contributed by atoms with van der Waals surface area (Å²) in [6, 6.07) is 4.35. The zero-order valence-electron chi connectivity index (χ0n) is 9.75. The largest absolute Gasteiger partial charge is 0.325 e. The van der Waals surface area contributed by atoms with E-state index in [1.54, 1.807) is 0 Å². The highest BCUT2D eigenvalue weighted by atomic mass is 32.1. The lowest BCUT2D eigenvalue weighted by Crippen LogP contribution is -2.49. The molecule has 0 amide bonds. The summed E-state index contributed by atoms with van der Waals surface area (Å²) in [5.41, 5.74) is 6.95. The smallest absolute Gasteiger partial charge is 0.0209 e. The molecule has 84 valence electrons. The van der Waals surface area contributed by atoms with Gasteiger partial charge in [-0.25, -0.2) is 0 Å². The molecule has 0 spiro atoms. The first-order chi connectivity index (χ1) is 7.04. The third kappa shape index (κ3) is 2.11. The van der Waals surface area contributed by atoms with Gasteiger partial charge in [0.25, 0.3) is 0 Å². The van der Waals surface area contributed by atoms with Gasteiger partial charge < -0.3 is 5.73 Å². The first kappa shape index (κ1) is 11.2. The minimum atomic E-state index is 0.0665. The third-order valence-corrected chi connectivity index (χ3v) is 5.11. The van der Waals surface area contributed by atoms with E-state index in [1.807, 2.05) is 11.3 Å². The second-order valence-electron chi connectivity index (χ2n) is 5.47. The van der Waals surface area contributed by atoms with Crippen LogP contribution in [0.2, 0.25) is 0 Å². The average molecular weight is 223 g/mol. The highest BCUT2D eigenvalue weighted by Crippen LogP contribution is 2.46. The number of aryl methyl sites for hydroxylation is 1. The molecule has 1 unspecified atom stereocenters. The molecule has 1 saturated carbocycles. The number of thiophene rings is 1. The van der Waals surface area contributed by atoms with Gasteiger partial charge in [0.15, 0.2) is 0 Å². The maximum Gasteiger partial charge on any atom is 0.0209 e. The molecule has 0 aromatic carbocycles. The van der Waals surface area contributed by atoms with Crippen molar-refractivity contribution in [3.63, 3.8) is 0 Å². The Morgan fingerprint density at radius 3 is 2.73 bits per heavy atom. The van der Waals surface area contributed by atoms with Crippen LogP contribution in [0.25, 0.3) is 0 Å². The molecule has 0 bridgehead atoms. The molecule has 0 radical (unpaired) electrons. The van der Waals surface area contributed by atoms with Crippen molar-refractivity contribution in [3.05, 3.63) is 22.4 Å². The Balaban J connectivity index is 1.99. The zero-order valence-corrected chi connectivity index (χ0v) is 10.6. The van der Waals surface area contributed by atoms with Gasteiger partial charge in [-0.2, -0.15) is 0 Å². The number of nitrogens with two attached hydrogens (primary N) is 1. The summed E-state index contributed by atoms with van der Waals surface area (Å²) in [5.74, 6) is 0. The van der Waals surface area contributed by atoms with Crippen LogP contribution in [0.1, 0.15) is 44.4 Å². The van der Waals surface area contributed by atoms with Crippen molar-refractivity contribution in [1.29, 1.82) is 0 Å². The minimum absolute atomic E-state index is 0.0665. The summed E-state index contributed by atoms with van der Waals surface area (Å²) in [5, 5.41) is 2.15. The molecule has 1 atom stereocenters. The molecule has 1 aliphatic carbocycles. The Hall–Kier alpha value is -0.340. The summed E-state index contributed by atoms with van der Waals surface area (Å²) in [4.78, 5) is 1.47. The Morgan fingerprint density at radius 2 is 2.20 bits per heavy atom. The molecule has 1 aromatic rings. The van der Waals surface area contributed by atoms with Gasteiger partial charge in [0, 0.05) is 10.4 Å². The number of hydrogen-bond acceptors (Lipinski definition) is 2. The number of rotatable bonds is 3. The predicted octanol–water partition coefficient (Wildman–Crippen LogP) is 3.59. The van der Waals surface area contributed by atoms with E-state index in [0.717, 1.165) is 12.8 Å². The second kappa shape index (κ2) is 3.91. The molecule has 1 aliphatic rings. The Labute approximate surface area is 96.7 Å². The van der Waals surface area contributed by atoms with Gasteiger partial charge in [0.1, 0.15) is 0 Å². The SMILES string of the molecule is CC1(C)CCCC1(N)CCc1cccs1. The van der Waals surface area contributed by atoms with Crippen molar-refractivity contribution in [3.8, 4) is 0 Å². The van der Waals surface area contributed by atoms with Crippen LogP contribution in [0.5, 0.6) is 0 Å². The molecular formula is C13H21NS. The van der Waals surface area contributed by atoms with Crippen molar-refractivity contribution in [2.24, 2.45) is 11.1 Å². The zero-order chi connectivity index (χ0) is 10.9. The molecule has 15 heavy (non-hydrogen) atoms. The van der Waals surface area contributed by atoms with Gasteiger partial charge >= 0.3 is 0 Å². The topological polar surface area (TPSA) is 26.0 Å². The van der Waals surface area contributed by atoms with E-state index in [0.29, 0.717) is 5.41 Å². The Kier molecular flexibility index (Phi) is 2.91. The van der Waals surface area contributed by atoms with Gasteiger partial charge in [-0.05, 0) is 42.5 Å². The van der Waals surface area contributed by atoms with Crippen LogP contribution >= 0.6 is 11.3 Å². The summed E-state index contributed by atoms with van der Waals surface area (Å²) in [7, 11) is 0. The second-order valence-corrected chi connectivity index (χ2v) is 6.51. The predicted molar refractivity (Wildman–Crippen MR) is 67.2 cm³/mol. The van der Waals surface area contributed by atoms with E-state index >= 15 is 0 Å². The van der Waals surface area contributed by atoms with Crippen LogP contribution in [-0.4, -0.2) is 5.54 Å². The van der Waals surface area contributed by atoms with Crippen molar-refractivity contribution in [2.75, 3.05) is 0 Å². The molecule has 0 aliphatic heterocycles. The molecule has 2 heteroatoms. The fraction of sp³-hybridized carbons (Fsp3) is 0.692. The minimum Gasteiger partial charge on any atom is -0.325 e. The third-order valence-electron chi connectivity index (χ3n) is 4.17. The molecule has 1 heterocycles. The highest BCUT2D eigenvalue weighted by Gasteiger charge is 2.44. The molecule has 1 aromatic heterocycles. The average Bonchev–Trinajstić information content (AvgIpc) is 2.73. The summed E-state index contributed by atoms with van der Waals surface area (Å²) in [6.07, 6.45) is 6.07. The molecule has 2 N–H and O–H groups in total. The van der Waals surface area contributed by atoms with Crippen LogP contribution in [0.15, 0.2) is 17.5 Å². The van der Waals surface area contributed by atoms with E-state index in [-0.39, 0.29) is 5.54 Å². The fourth-order valence-electron chi connectivity index (χ4n) is 2.70. The Morgan fingerprint density at radius 1 is 1.40 bits per heavy atom. The molecule has 1 nitrogen and oxygen atoms in total. The summed E-state index contributed by atoms with van der Waals surface area (Å²) >= 11 is 1.85. The van der Waals surface area contributed by atoms with E-state index in [4.69, 9.17) is 5.73 Å². The van der Waals surface area contributed by atoms with E-state index in [1.165, 1.54) is 24.1 Å². The van der Waals surface area contributed by atoms with Gasteiger partial charge in [0.05, 0.1) is 0 Å². The maximum atomic E-state index is 6.56. The van der Waals surface area contributed by atoms with Gasteiger partial charge in [-0.1, -0.05) is 26.3 Å². The van der Waals surface area contributed by atoms with Crippen molar-refractivity contribution in [2.45, 2.75) is 51.5 Å². The van der Waals surface area contributed by atoms with Crippen LogP contribution < -0.4 is 5.73 Å². The molecule has 1 fully saturated rings. The first-order valence-electron chi connectivity index (χ1n) is 5.85. The van der Waals surface area contributed by atoms with Crippen molar-refractivity contribution < 1.29 is 0 Å².